The SMILES string of the molecule is CC(=O)OCC1=NC(C(F)(F)F)CCC1C(=O)C1C(=O)C2CCC(C2)C1O. The molecule has 0 amide bonds. The van der Waals surface area contributed by atoms with Crippen LogP contribution in [0.25, 0.3) is 0 Å². The summed E-state index contributed by atoms with van der Waals surface area (Å²) in [7, 11) is 0. The van der Waals surface area contributed by atoms with E-state index in [0.717, 1.165) is 6.92 Å². The highest BCUT2D eigenvalue weighted by molar-refractivity contribution is 6.14. The van der Waals surface area contributed by atoms with E-state index in [2.05, 4.69) is 4.99 Å². The first-order valence-electron chi connectivity index (χ1n) is 9.11. The molecule has 2 fully saturated rings. The lowest BCUT2D eigenvalue weighted by Gasteiger charge is -2.35. The molecule has 27 heavy (non-hydrogen) atoms. The summed E-state index contributed by atoms with van der Waals surface area (Å²) in [6.07, 6.45) is -4.36. The molecule has 2 saturated carbocycles. The fraction of sp³-hybridized carbons (Fsp3) is 0.778. The number of nitrogens with zero attached hydrogens (tertiary/aromatic N) is 1. The van der Waals surface area contributed by atoms with Gasteiger partial charge in [0.2, 0.25) is 0 Å². The number of ether oxygens (including phenoxy) is 1. The third-order valence-corrected chi connectivity index (χ3v) is 5.91. The first-order chi connectivity index (χ1) is 12.6. The molecule has 0 aromatic carbocycles. The number of alkyl halides is 3. The second kappa shape index (κ2) is 7.33. The predicted molar refractivity (Wildman–Crippen MR) is 87.0 cm³/mol. The number of carbonyl (C=O) groups is 3. The second-order valence-corrected chi connectivity index (χ2v) is 7.63. The van der Waals surface area contributed by atoms with Gasteiger partial charge in [-0.15, -0.1) is 0 Å². The lowest BCUT2D eigenvalue weighted by molar-refractivity contribution is -0.153. The standard InChI is InChI=1S/C18H22F3NO5/c1-8(23)27-7-12-11(4-5-13(22-12)18(19,20)21)17(26)14-15(24)9-2-3-10(6-9)16(14)25/h9-11,13-15,24H,2-7H2,1H3. The van der Waals surface area contributed by atoms with E-state index in [1.807, 2.05) is 0 Å². The molecule has 3 rings (SSSR count). The molecule has 6 nitrogen and oxygen atoms in total. The molecule has 1 heterocycles. The van der Waals surface area contributed by atoms with Crippen LogP contribution in [0, 0.1) is 23.7 Å². The van der Waals surface area contributed by atoms with E-state index < -0.39 is 48.5 Å². The van der Waals surface area contributed by atoms with Crippen LogP contribution in [0.4, 0.5) is 13.2 Å². The molecule has 0 saturated heterocycles. The quantitative estimate of drug-likeness (QED) is 0.585. The molecular weight excluding hydrogens is 367 g/mol. The van der Waals surface area contributed by atoms with E-state index >= 15 is 0 Å². The highest BCUT2D eigenvalue weighted by Crippen LogP contribution is 2.44. The van der Waals surface area contributed by atoms with E-state index in [1.54, 1.807) is 0 Å². The molecule has 6 unspecified atom stereocenters. The van der Waals surface area contributed by atoms with Crippen LogP contribution in [0.15, 0.2) is 4.99 Å². The molecule has 2 bridgehead atoms. The number of carbonyl (C=O) groups excluding carboxylic acids is 3. The smallest absolute Gasteiger partial charge is 0.410 e. The number of rotatable bonds is 4. The van der Waals surface area contributed by atoms with Gasteiger partial charge in [-0.05, 0) is 38.0 Å². The molecule has 6 atom stereocenters. The third kappa shape index (κ3) is 3.93. The average molecular weight is 389 g/mol. The van der Waals surface area contributed by atoms with Crippen LogP contribution in [0.3, 0.4) is 0 Å². The van der Waals surface area contributed by atoms with Crippen molar-refractivity contribution in [3.8, 4) is 0 Å². The molecule has 1 aliphatic heterocycles. The summed E-state index contributed by atoms with van der Waals surface area (Å²) in [5.41, 5.74) is -0.179. The maximum atomic E-state index is 13.0. The van der Waals surface area contributed by atoms with E-state index in [9.17, 15) is 32.7 Å². The number of aliphatic hydroxyl groups is 1. The zero-order valence-electron chi connectivity index (χ0n) is 14.9. The van der Waals surface area contributed by atoms with Crippen LogP contribution in [-0.2, 0) is 19.1 Å². The number of ketones is 2. The second-order valence-electron chi connectivity index (χ2n) is 7.63. The topological polar surface area (TPSA) is 93.0 Å². The predicted octanol–water partition coefficient (Wildman–Crippen LogP) is 1.88. The van der Waals surface area contributed by atoms with Crippen molar-refractivity contribution in [3.63, 3.8) is 0 Å². The van der Waals surface area contributed by atoms with Crippen molar-refractivity contribution in [2.45, 2.75) is 57.3 Å². The molecule has 3 aliphatic rings. The Bertz CT molecular complexity index is 674. The summed E-state index contributed by atoms with van der Waals surface area (Å²) < 4.78 is 43.9. The fourth-order valence-corrected chi connectivity index (χ4v) is 4.51. The molecule has 1 N–H and O–H groups in total. The number of fused-ring (bicyclic) bond motifs is 2. The Morgan fingerprint density at radius 1 is 1.22 bits per heavy atom. The summed E-state index contributed by atoms with van der Waals surface area (Å²) in [6.45, 7) is 0.579. The number of esters is 1. The summed E-state index contributed by atoms with van der Waals surface area (Å²) in [5.74, 6) is -4.32. The summed E-state index contributed by atoms with van der Waals surface area (Å²) in [4.78, 5) is 40.3. The van der Waals surface area contributed by atoms with E-state index in [-0.39, 0.29) is 36.2 Å². The Hall–Kier alpha value is -1.77. The molecule has 9 heteroatoms. The van der Waals surface area contributed by atoms with E-state index in [1.165, 1.54) is 0 Å². The molecule has 0 spiro atoms. The fourth-order valence-electron chi connectivity index (χ4n) is 4.51. The minimum Gasteiger partial charge on any atom is -0.460 e. The number of hydrogen-bond acceptors (Lipinski definition) is 6. The highest BCUT2D eigenvalue weighted by Gasteiger charge is 2.52. The van der Waals surface area contributed by atoms with Gasteiger partial charge in [0.25, 0.3) is 0 Å². The van der Waals surface area contributed by atoms with Crippen LogP contribution in [0.1, 0.15) is 39.0 Å². The van der Waals surface area contributed by atoms with Gasteiger partial charge in [-0.2, -0.15) is 13.2 Å². The number of aliphatic hydroxyl groups excluding tert-OH is 1. The lowest BCUT2D eigenvalue weighted by Crippen LogP contribution is -2.49. The molecular formula is C18H22F3NO5. The van der Waals surface area contributed by atoms with Crippen LogP contribution in [0.2, 0.25) is 0 Å². The summed E-state index contributed by atoms with van der Waals surface area (Å²) in [6, 6.07) is -1.96. The van der Waals surface area contributed by atoms with Crippen LogP contribution in [-0.4, -0.2) is 53.3 Å². The Morgan fingerprint density at radius 3 is 2.56 bits per heavy atom. The van der Waals surface area contributed by atoms with Gasteiger partial charge >= 0.3 is 12.1 Å². The lowest BCUT2D eigenvalue weighted by atomic mass is 9.71. The van der Waals surface area contributed by atoms with Crippen molar-refractivity contribution in [1.29, 1.82) is 0 Å². The van der Waals surface area contributed by atoms with Gasteiger partial charge in [-0.1, -0.05) is 0 Å². The van der Waals surface area contributed by atoms with Crippen LogP contribution in [0.5, 0.6) is 0 Å². The first kappa shape index (κ1) is 20.0. The van der Waals surface area contributed by atoms with Gasteiger partial charge in [0.05, 0.1) is 17.7 Å². The van der Waals surface area contributed by atoms with Gasteiger partial charge in [0.1, 0.15) is 24.3 Å². The maximum Gasteiger partial charge on any atom is 0.410 e. The molecule has 2 aliphatic carbocycles. The summed E-state index contributed by atoms with van der Waals surface area (Å²) in [5, 5.41) is 10.5. The first-order valence-corrected chi connectivity index (χ1v) is 9.11. The van der Waals surface area contributed by atoms with E-state index in [0.29, 0.717) is 19.3 Å². The largest absolute Gasteiger partial charge is 0.460 e. The molecule has 150 valence electrons. The number of Topliss-reactive ketones (excluding diaryl/α,β-unsaturated/α-hetero) is 2. The molecule has 0 aromatic rings. The van der Waals surface area contributed by atoms with Gasteiger partial charge in [0.15, 0.2) is 5.78 Å². The Morgan fingerprint density at radius 2 is 1.93 bits per heavy atom. The zero-order valence-corrected chi connectivity index (χ0v) is 14.9. The third-order valence-electron chi connectivity index (χ3n) is 5.91. The molecule has 0 radical (unpaired) electrons. The highest BCUT2D eigenvalue weighted by atomic mass is 19.4. The normalized spacial score (nSPS) is 36.3. The number of hydrogen-bond donors (Lipinski definition) is 1. The number of halogens is 3. The van der Waals surface area contributed by atoms with Gasteiger partial charge < -0.3 is 9.84 Å². The maximum absolute atomic E-state index is 13.0. The van der Waals surface area contributed by atoms with Crippen LogP contribution < -0.4 is 0 Å². The minimum absolute atomic E-state index is 0.137. The minimum atomic E-state index is -4.56. The van der Waals surface area contributed by atoms with E-state index in [4.69, 9.17) is 4.74 Å². The van der Waals surface area contributed by atoms with Crippen molar-refractivity contribution >= 4 is 23.2 Å². The zero-order chi connectivity index (χ0) is 19.9. The Kier molecular flexibility index (Phi) is 5.42. The van der Waals surface area contributed by atoms with Crippen molar-refractivity contribution in [2.75, 3.05) is 6.61 Å². The van der Waals surface area contributed by atoms with Gasteiger partial charge in [-0.25, -0.2) is 0 Å². The van der Waals surface area contributed by atoms with Gasteiger partial charge in [-0.3, -0.25) is 19.4 Å². The van der Waals surface area contributed by atoms with Crippen molar-refractivity contribution in [2.24, 2.45) is 28.7 Å². The van der Waals surface area contributed by atoms with Gasteiger partial charge in [0, 0.05) is 12.8 Å². The average Bonchev–Trinajstić information content (AvgIpc) is 3.04. The molecule has 0 aromatic heterocycles. The van der Waals surface area contributed by atoms with Crippen molar-refractivity contribution in [1.82, 2.24) is 0 Å². The number of aliphatic imine (C=N–C) groups is 1. The Balaban J connectivity index is 1.85. The van der Waals surface area contributed by atoms with Crippen molar-refractivity contribution < 1.29 is 37.4 Å². The monoisotopic (exact) mass is 389 g/mol. The summed E-state index contributed by atoms with van der Waals surface area (Å²) >= 11 is 0. The van der Waals surface area contributed by atoms with Crippen LogP contribution >= 0.6 is 0 Å². The van der Waals surface area contributed by atoms with Crippen molar-refractivity contribution in [3.05, 3.63) is 0 Å². The Labute approximate surface area is 154 Å².